The van der Waals surface area contributed by atoms with E-state index < -0.39 is 17.0 Å². The molecule has 3 rings (SSSR count). The normalized spacial score (nSPS) is 16.3. The van der Waals surface area contributed by atoms with Crippen LogP contribution in [0.15, 0.2) is 48.5 Å². The molecule has 0 aromatic heterocycles. The summed E-state index contributed by atoms with van der Waals surface area (Å²) in [6.07, 6.45) is 0.824. The van der Waals surface area contributed by atoms with Crippen molar-refractivity contribution in [2.45, 2.75) is 18.9 Å². The van der Waals surface area contributed by atoms with Crippen molar-refractivity contribution in [1.82, 2.24) is 10.2 Å². The maximum absolute atomic E-state index is 12.5. The zero-order valence-corrected chi connectivity index (χ0v) is 14.4. The number of carbonyl (C=O) groups excluding carboxylic acids is 2. The molecule has 1 aliphatic heterocycles. The van der Waals surface area contributed by atoms with Crippen LogP contribution in [0.4, 0.5) is 16.2 Å². The summed E-state index contributed by atoms with van der Waals surface area (Å²) in [4.78, 5) is 36.1. The van der Waals surface area contributed by atoms with Crippen LogP contribution >= 0.6 is 0 Å². The Hall–Kier alpha value is -3.46. The lowest BCUT2D eigenvalue weighted by atomic mass is 10.1. The number of anilines is 1. The van der Waals surface area contributed by atoms with Gasteiger partial charge in [0.15, 0.2) is 0 Å². The van der Waals surface area contributed by atoms with Crippen LogP contribution in [0.3, 0.4) is 0 Å². The Labute approximate surface area is 155 Å². The van der Waals surface area contributed by atoms with Gasteiger partial charge in [-0.05, 0) is 29.7 Å². The summed E-state index contributed by atoms with van der Waals surface area (Å²) < 4.78 is 0. The maximum Gasteiger partial charge on any atom is 0.324 e. The van der Waals surface area contributed by atoms with Gasteiger partial charge in [-0.3, -0.25) is 25.7 Å². The molecule has 1 heterocycles. The van der Waals surface area contributed by atoms with Crippen LogP contribution < -0.4 is 16.6 Å². The standard InChI is InChI=1S/C18H19N5O4/c19-21-14-5-1-12(2-6-14)9-10-22-17(24)16(20-18(22)25)11-13-3-7-15(8-4-13)23(26)27/h1-8,16,21H,9-11,19H2,(H,20,25). The number of benzene rings is 2. The minimum atomic E-state index is -0.664. The highest BCUT2D eigenvalue weighted by atomic mass is 16.6. The molecule has 0 aliphatic carbocycles. The third-order valence-corrected chi connectivity index (χ3v) is 4.44. The molecular weight excluding hydrogens is 350 g/mol. The number of nitrogens with zero attached hydrogens (tertiary/aromatic N) is 2. The Kier molecular flexibility index (Phi) is 5.32. The van der Waals surface area contributed by atoms with Crippen LogP contribution in [0, 0.1) is 10.1 Å². The fourth-order valence-electron chi connectivity index (χ4n) is 2.92. The van der Waals surface area contributed by atoms with Gasteiger partial charge >= 0.3 is 6.03 Å². The summed E-state index contributed by atoms with van der Waals surface area (Å²) in [7, 11) is 0. The second-order valence-corrected chi connectivity index (χ2v) is 6.21. The summed E-state index contributed by atoms with van der Waals surface area (Å²) in [6.45, 7) is 0.275. The lowest BCUT2D eigenvalue weighted by molar-refractivity contribution is -0.384. The molecule has 1 unspecified atom stereocenters. The summed E-state index contributed by atoms with van der Waals surface area (Å²) in [5.41, 5.74) is 5.02. The highest BCUT2D eigenvalue weighted by Gasteiger charge is 2.37. The summed E-state index contributed by atoms with van der Waals surface area (Å²) >= 11 is 0. The summed E-state index contributed by atoms with van der Waals surface area (Å²) in [6, 6.07) is 12.2. The number of imide groups is 1. The van der Waals surface area contributed by atoms with Crippen molar-refractivity contribution in [3.8, 4) is 0 Å². The van der Waals surface area contributed by atoms with Gasteiger partial charge in [-0.25, -0.2) is 4.79 Å². The van der Waals surface area contributed by atoms with Crippen molar-refractivity contribution in [2.24, 2.45) is 5.84 Å². The molecule has 1 atom stereocenters. The number of hydrazine groups is 1. The quantitative estimate of drug-likeness (QED) is 0.294. The first-order valence-corrected chi connectivity index (χ1v) is 8.38. The zero-order chi connectivity index (χ0) is 19.4. The second-order valence-electron chi connectivity index (χ2n) is 6.21. The Morgan fingerprint density at radius 1 is 1.07 bits per heavy atom. The monoisotopic (exact) mass is 369 g/mol. The maximum atomic E-state index is 12.5. The molecule has 9 nitrogen and oxygen atoms in total. The van der Waals surface area contributed by atoms with Gasteiger partial charge in [0.05, 0.1) is 4.92 Å². The third-order valence-electron chi connectivity index (χ3n) is 4.44. The summed E-state index contributed by atoms with van der Waals surface area (Å²) in [5, 5.41) is 13.4. The van der Waals surface area contributed by atoms with Crippen molar-refractivity contribution in [1.29, 1.82) is 0 Å². The number of nitrogens with one attached hydrogen (secondary N) is 2. The van der Waals surface area contributed by atoms with Crippen molar-refractivity contribution < 1.29 is 14.5 Å². The Morgan fingerprint density at radius 2 is 1.70 bits per heavy atom. The number of non-ortho nitro benzene ring substituents is 1. The molecule has 1 fully saturated rings. The lowest BCUT2D eigenvalue weighted by Gasteiger charge is -2.13. The SMILES string of the molecule is NNc1ccc(CCN2C(=O)NC(Cc3ccc([N+](=O)[O-])cc3)C2=O)cc1. The van der Waals surface area contributed by atoms with Gasteiger partial charge in [0.2, 0.25) is 0 Å². The van der Waals surface area contributed by atoms with Gasteiger partial charge in [-0.15, -0.1) is 0 Å². The molecule has 140 valence electrons. The van der Waals surface area contributed by atoms with Crippen molar-refractivity contribution in [2.75, 3.05) is 12.0 Å². The number of nitro groups is 1. The van der Waals surface area contributed by atoms with Crippen LogP contribution in [0.5, 0.6) is 0 Å². The minimum absolute atomic E-state index is 0.0157. The van der Waals surface area contributed by atoms with Crippen LogP contribution in [0.2, 0.25) is 0 Å². The van der Waals surface area contributed by atoms with Crippen LogP contribution in [0.25, 0.3) is 0 Å². The molecule has 0 saturated carbocycles. The number of nitrogens with two attached hydrogens (primary N) is 1. The number of carbonyl (C=O) groups is 2. The molecular formula is C18H19N5O4. The van der Waals surface area contributed by atoms with E-state index in [9.17, 15) is 19.7 Å². The molecule has 1 aliphatic rings. The Balaban J connectivity index is 1.59. The molecule has 2 aromatic carbocycles. The number of hydrogen-bond donors (Lipinski definition) is 3. The highest BCUT2D eigenvalue weighted by molar-refractivity contribution is 6.04. The number of rotatable bonds is 7. The molecule has 4 N–H and O–H groups in total. The van der Waals surface area contributed by atoms with Gasteiger partial charge in [0.25, 0.3) is 11.6 Å². The molecule has 3 amide bonds. The largest absolute Gasteiger partial charge is 0.325 e. The van der Waals surface area contributed by atoms with E-state index in [-0.39, 0.29) is 24.6 Å². The highest BCUT2D eigenvalue weighted by Crippen LogP contribution is 2.17. The molecule has 0 radical (unpaired) electrons. The topological polar surface area (TPSA) is 131 Å². The smallest absolute Gasteiger partial charge is 0.324 e. The zero-order valence-electron chi connectivity index (χ0n) is 14.4. The van der Waals surface area contributed by atoms with Crippen molar-refractivity contribution in [3.05, 3.63) is 69.8 Å². The third kappa shape index (κ3) is 4.21. The summed E-state index contributed by atoms with van der Waals surface area (Å²) in [5.74, 6) is 5.03. The van der Waals surface area contributed by atoms with Gasteiger partial charge in [-0.2, -0.15) is 0 Å². The van der Waals surface area contributed by atoms with E-state index >= 15 is 0 Å². The molecule has 0 spiro atoms. The number of hydrogen-bond acceptors (Lipinski definition) is 6. The molecule has 1 saturated heterocycles. The second kappa shape index (κ2) is 7.83. The Morgan fingerprint density at radius 3 is 2.30 bits per heavy atom. The van der Waals surface area contributed by atoms with Crippen molar-refractivity contribution in [3.63, 3.8) is 0 Å². The average molecular weight is 369 g/mol. The van der Waals surface area contributed by atoms with E-state index in [1.54, 1.807) is 12.1 Å². The average Bonchev–Trinajstić information content (AvgIpc) is 2.94. The van der Waals surface area contributed by atoms with Crippen LogP contribution in [-0.4, -0.2) is 34.3 Å². The molecule has 9 heteroatoms. The Bertz CT molecular complexity index is 851. The van der Waals surface area contributed by atoms with E-state index in [0.29, 0.717) is 6.42 Å². The first kappa shape index (κ1) is 18.3. The first-order valence-electron chi connectivity index (χ1n) is 8.38. The number of nitrogen functional groups attached to an aromatic ring is 1. The van der Waals surface area contributed by atoms with E-state index in [2.05, 4.69) is 10.7 Å². The van der Waals surface area contributed by atoms with E-state index in [4.69, 9.17) is 5.84 Å². The number of urea groups is 1. The fourth-order valence-corrected chi connectivity index (χ4v) is 2.92. The van der Waals surface area contributed by atoms with E-state index in [1.165, 1.54) is 17.0 Å². The molecule has 0 bridgehead atoms. The lowest BCUT2D eigenvalue weighted by Crippen LogP contribution is -2.33. The van der Waals surface area contributed by atoms with E-state index in [0.717, 1.165) is 16.8 Å². The predicted octanol–water partition coefficient (Wildman–Crippen LogP) is 1.59. The van der Waals surface area contributed by atoms with Gasteiger partial charge < -0.3 is 10.7 Å². The van der Waals surface area contributed by atoms with Crippen LogP contribution in [0.1, 0.15) is 11.1 Å². The number of nitro benzene ring substituents is 1. The fraction of sp³-hybridized carbons (Fsp3) is 0.222. The van der Waals surface area contributed by atoms with Gasteiger partial charge in [0, 0.05) is 30.8 Å². The number of amides is 3. The molecule has 27 heavy (non-hydrogen) atoms. The predicted molar refractivity (Wildman–Crippen MR) is 98.8 cm³/mol. The van der Waals surface area contributed by atoms with Crippen molar-refractivity contribution >= 4 is 23.3 Å². The van der Waals surface area contributed by atoms with Crippen LogP contribution in [-0.2, 0) is 17.6 Å². The minimum Gasteiger partial charge on any atom is -0.325 e. The molecule has 2 aromatic rings. The van der Waals surface area contributed by atoms with Gasteiger partial charge in [0.1, 0.15) is 6.04 Å². The van der Waals surface area contributed by atoms with Gasteiger partial charge in [-0.1, -0.05) is 24.3 Å². The first-order chi connectivity index (χ1) is 13.0. The van der Waals surface area contributed by atoms with E-state index in [1.807, 2.05) is 24.3 Å².